The molecule has 75 heavy (non-hydrogen) atoms. The summed E-state index contributed by atoms with van der Waals surface area (Å²) in [7, 11) is 0. The van der Waals surface area contributed by atoms with E-state index in [0.717, 1.165) is 96.3 Å². The van der Waals surface area contributed by atoms with E-state index in [0.29, 0.717) is 19.3 Å². The van der Waals surface area contributed by atoms with E-state index in [-0.39, 0.29) is 31.1 Å². The van der Waals surface area contributed by atoms with Gasteiger partial charge < -0.3 is 14.2 Å². The van der Waals surface area contributed by atoms with Crippen LogP contribution in [0.2, 0.25) is 0 Å². The van der Waals surface area contributed by atoms with Crippen LogP contribution in [0.3, 0.4) is 0 Å². The van der Waals surface area contributed by atoms with Crippen molar-refractivity contribution in [3.05, 3.63) is 72.9 Å². The number of hydrogen-bond donors (Lipinski definition) is 0. The molecule has 0 aliphatic carbocycles. The van der Waals surface area contributed by atoms with Crippen molar-refractivity contribution in [2.45, 2.75) is 335 Å². The van der Waals surface area contributed by atoms with Crippen molar-refractivity contribution in [2.24, 2.45) is 0 Å². The Morgan fingerprint density at radius 2 is 0.520 bits per heavy atom. The standard InChI is InChI=1S/C69H122O6/c1-4-7-10-13-16-19-22-25-28-30-31-32-33-34-35-36-37-39-41-44-47-50-53-56-59-62-68(71)74-65-66(64-73-67(70)61-58-55-52-49-46-43-40-27-24-21-18-15-12-9-6-3)75-69(72)63-60-57-54-51-48-45-42-38-29-26-23-20-17-14-11-8-5-2/h8,11,17,20,22,25-26,29-31,33-34,66H,4-7,9-10,12-16,18-19,21,23-24,27-28,32,35-65H2,1-3H3/b11-8-,20-17-,25-22-,29-26-,31-30-,34-33-. The maximum Gasteiger partial charge on any atom is 0.306 e. The van der Waals surface area contributed by atoms with Gasteiger partial charge in [0.2, 0.25) is 0 Å². The van der Waals surface area contributed by atoms with Gasteiger partial charge in [-0.2, -0.15) is 0 Å². The molecule has 0 spiro atoms. The Balaban J connectivity index is 4.32. The predicted octanol–water partition coefficient (Wildman–Crippen LogP) is 22.1. The minimum Gasteiger partial charge on any atom is -0.462 e. The molecule has 0 aromatic heterocycles. The second kappa shape index (κ2) is 63.4. The lowest BCUT2D eigenvalue weighted by Crippen LogP contribution is -2.30. The largest absolute Gasteiger partial charge is 0.462 e. The summed E-state index contributed by atoms with van der Waals surface area (Å²) in [5, 5.41) is 0. The maximum atomic E-state index is 12.9. The number of carbonyl (C=O) groups is 3. The lowest BCUT2D eigenvalue weighted by Gasteiger charge is -2.18. The van der Waals surface area contributed by atoms with E-state index < -0.39 is 6.10 Å². The molecule has 0 aliphatic heterocycles. The summed E-state index contributed by atoms with van der Waals surface area (Å²) < 4.78 is 16.9. The SMILES string of the molecule is CC/C=C\C/C=C\C/C=C\CCCCCCCCCC(=O)OC(COC(=O)CCCCCCCCCCCC/C=C\C/C=C\C/C=C\CCCCCCC)COC(=O)CCCCCCCCCCCCCCCCC. The Bertz CT molecular complexity index is 1390. The van der Waals surface area contributed by atoms with E-state index in [2.05, 4.69) is 93.7 Å². The van der Waals surface area contributed by atoms with E-state index in [9.17, 15) is 14.4 Å². The molecule has 0 fully saturated rings. The van der Waals surface area contributed by atoms with Crippen LogP contribution in [0.1, 0.15) is 329 Å². The van der Waals surface area contributed by atoms with E-state index in [4.69, 9.17) is 14.2 Å². The molecule has 0 amide bonds. The predicted molar refractivity (Wildman–Crippen MR) is 325 cm³/mol. The summed E-state index contributed by atoms with van der Waals surface area (Å²) in [5.74, 6) is -0.875. The number of unbranched alkanes of at least 4 members (excludes halogenated alkanes) is 36. The zero-order valence-electron chi connectivity index (χ0n) is 49.8. The first kappa shape index (κ1) is 71.8. The van der Waals surface area contributed by atoms with Gasteiger partial charge >= 0.3 is 17.9 Å². The van der Waals surface area contributed by atoms with E-state index >= 15 is 0 Å². The van der Waals surface area contributed by atoms with Crippen LogP contribution in [0.25, 0.3) is 0 Å². The average molecular weight is 1050 g/mol. The van der Waals surface area contributed by atoms with E-state index in [1.165, 1.54) is 193 Å². The van der Waals surface area contributed by atoms with Gasteiger partial charge in [-0.05, 0) is 89.9 Å². The van der Waals surface area contributed by atoms with Gasteiger partial charge in [-0.1, -0.05) is 293 Å². The first-order chi connectivity index (χ1) is 37.0. The smallest absolute Gasteiger partial charge is 0.306 e. The molecular formula is C69H122O6. The van der Waals surface area contributed by atoms with Crippen LogP contribution >= 0.6 is 0 Å². The second-order valence-electron chi connectivity index (χ2n) is 21.6. The molecule has 434 valence electrons. The first-order valence-corrected chi connectivity index (χ1v) is 32.4. The van der Waals surface area contributed by atoms with Crippen LogP contribution < -0.4 is 0 Å². The second-order valence-corrected chi connectivity index (χ2v) is 21.6. The molecule has 0 bridgehead atoms. The lowest BCUT2D eigenvalue weighted by atomic mass is 10.0. The first-order valence-electron chi connectivity index (χ1n) is 32.4. The van der Waals surface area contributed by atoms with Crippen LogP contribution in [0, 0.1) is 0 Å². The van der Waals surface area contributed by atoms with E-state index in [1.807, 2.05) is 0 Å². The summed E-state index contributed by atoms with van der Waals surface area (Å²) in [4.78, 5) is 38.3. The third-order valence-corrected chi connectivity index (χ3v) is 14.2. The van der Waals surface area contributed by atoms with Crippen LogP contribution in [-0.2, 0) is 28.6 Å². The van der Waals surface area contributed by atoms with Gasteiger partial charge in [0.05, 0.1) is 0 Å². The van der Waals surface area contributed by atoms with Crippen molar-refractivity contribution >= 4 is 17.9 Å². The summed E-state index contributed by atoms with van der Waals surface area (Å²) in [6, 6.07) is 0. The quantitative estimate of drug-likeness (QED) is 0.0261. The van der Waals surface area contributed by atoms with Gasteiger partial charge in [0.25, 0.3) is 0 Å². The molecule has 1 atom stereocenters. The fourth-order valence-electron chi connectivity index (χ4n) is 9.35. The Morgan fingerprint density at radius 3 is 0.813 bits per heavy atom. The van der Waals surface area contributed by atoms with Gasteiger partial charge in [-0.15, -0.1) is 0 Å². The van der Waals surface area contributed by atoms with Crippen molar-refractivity contribution in [2.75, 3.05) is 13.2 Å². The highest BCUT2D eigenvalue weighted by molar-refractivity contribution is 5.71. The fraction of sp³-hybridized carbons (Fsp3) is 0.783. The topological polar surface area (TPSA) is 78.9 Å². The van der Waals surface area contributed by atoms with Crippen molar-refractivity contribution in [1.29, 1.82) is 0 Å². The summed E-state index contributed by atoms with van der Waals surface area (Å²) in [6.07, 6.45) is 81.9. The molecule has 0 heterocycles. The number of esters is 3. The number of ether oxygens (including phenoxy) is 3. The van der Waals surface area contributed by atoms with Crippen molar-refractivity contribution < 1.29 is 28.6 Å². The Labute approximate surface area is 465 Å². The number of carbonyl (C=O) groups excluding carboxylic acids is 3. The monoisotopic (exact) mass is 1050 g/mol. The van der Waals surface area contributed by atoms with Gasteiger partial charge in [-0.3, -0.25) is 14.4 Å². The van der Waals surface area contributed by atoms with Crippen molar-refractivity contribution in [3.63, 3.8) is 0 Å². The summed E-state index contributed by atoms with van der Waals surface area (Å²) in [5.41, 5.74) is 0. The normalized spacial score (nSPS) is 12.5. The van der Waals surface area contributed by atoms with Crippen molar-refractivity contribution in [3.8, 4) is 0 Å². The highest BCUT2D eigenvalue weighted by Crippen LogP contribution is 2.17. The third kappa shape index (κ3) is 61.6. The molecule has 0 rings (SSSR count). The molecule has 1 unspecified atom stereocenters. The third-order valence-electron chi connectivity index (χ3n) is 14.2. The zero-order chi connectivity index (χ0) is 54.3. The average Bonchev–Trinajstić information content (AvgIpc) is 3.41. The van der Waals surface area contributed by atoms with Crippen LogP contribution in [-0.4, -0.2) is 37.2 Å². The highest BCUT2D eigenvalue weighted by Gasteiger charge is 2.19. The van der Waals surface area contributed by atoms with Gasteiger partial charge in [0.15, 0.2) is 6.10 Å². The van der Waals surface area contributed by atoms with Crippen LogP contribution in [0.5, 0.6) is 0 Å². The van der Waals surface area contributed by atoms with Crippen LogP contribution in [0.15, 0.2) is 72.9 Å². The molecule has 0 N–H and O–H groups in total. The Hall–Kier alpha value is -3.15. The van der Waals surface area contributed by atoms with E-state index in [1.54, 1.807) is 0 Å². The van der Waals surface area contributed by atoms with Gasteiger partial charge in [0.1, 0.15) is 13.2 Å². The molecular weight excluding hydrogens is 925 g/mol. The number of hydrogen-bond acceptors (Lipinski definition) is 6. The van der Waals surface area contributed by atoms with Gasteiger partial charge in [0, 0.05) is 19.3 Å². The minimum atomic E-state index is -0.782. The molecule has 0 aromatic carbocycles. The Morgan fingerprint density at radius 1 is 0.280 bits per heavy atom. The molecule has 0 saturated carbocycles. The van der Waals surface area contributed by atoms with Crippen LogP contribution in [0.4, 0.5) is 0 Å². The van der Waals surface area contributed by atoms with Gasteiger partial charge in [-0.25, -0.2) is 0 Å². The fourth-order valence-corrected chi connectivity index (χ4v) is 9.35. The minimum absolute atomic E-state index is 0.0776. The molecule has 6 nitrogen and oxygen atoms in total. The molecule has 0 radical (unpaired) electrons. The molecule has 0 aliphatic rings. The van der Waals surface area contributed by atoms with Crippen molar-refractivity contribution in [1.82, 2.24) is 0 Å². The number of rotatable bonds is 59. The highest BCUT2D eigenvalue weighted by atomic mass is 16.6. The summed E-state index contributed by atoms with van der Waals surface area (Å²) >= 11 is 0. The lowest BCUT2D eigenvalue weighted by molar-refractivity contribution is -0.167. The molecule has 0 aromatic rings. The summed E-state index contributed by atoms with van der Waals surface area (Å²) in [6.45, 7) is 6.55. The molecule has 0 saturated heterocycles. The molecule has 6 heteroatoms. The maximum absolute atomic E-state index is 12.9. The zero-order valence-corrected chi connectivity index (χ0v) is 49.8. The number of allylic oxidation sites excluding steroid dienone is 12. The Kier molecular flexibility index (Phi) is 60.7.